The molecule has 0 saturated carbocycles. The minimum absolute atomic E-state index is 0.104. The van der Waals surface area contributed by atoms with Gasteiger partial charge in [-0.25, -0.2) is 0 Å². The number of amides is 1. The standard InChI is InChI=1S/C24H32N2O/c1-5-23(21-9-8-18(3)19(4)16-21)25-24(27)20-12-14-26(15-13-20)22-10-6-17(2)7-11-22/h6-11,16,20,23H,5,12-15H2,1-4H3,(H,25,27). The predicted octanol–water partition coefficient (Wildman–Crippen LogP) is 5.10. The van der Waals surface area contributed by atoms with E-state index in [9.17, 15) is 4.79 Å². The summed E-state index contributed by atoms with van der Waals surface area (Å²) in [6.45, 7) is 10.4. The van der Waals surface area contributed by atoms with E-state index in [4.69, 9.17) is 0 Å². The van der Waals surface area contributed by atoms with Crippen LogP contribution in [0.5, 0.6) is 0 Å². The van der Waals surface area contributed by atoms with Crippen molar-refractivity contribution in [2.24, 2.45) is 5.92 Å². The molecule has 27 heavy (non-hydrogen) atoms. The average molecular weight is 365 g/mol. The molecule has 0 aliphatic carbocycles. The topological polar surface area (TPSA) is 32.3 Å². The number of benzene rings is 2. The van der Waals surface area contributed by atoms with Crippen molar-refractivity contribution in [3.05, 3.63) is 64.7 Å². The summed E-state index contributed by atoms with van der Waals surface area (Å²) >= 11 is 0. The van der Waals surface area contributed by atoms with Crippen molar-refractivity contribution in [1.29, 1.82) is 0 Å². The summed E-state index contributed by atoms with van der Waals surface area (Å²) < 4.78 is 0. The lowest BCUT2D eigenvalue weighted by Gasteiger charge is -2.33. The maximum Gasteiger partial charge on any atom is 0.223 e. The van der Waals surface area contributed by atoms with E-state index in [1.807, 2.05) is 0 Å². The molecule has 2 aromatic rings. The molecule has 1 atom stereocenters. The number of anilines is 1. The van der Waals surface area contributed by atoms with Crippen LogP contribution in [0.3, 0.4) is 0 Å². The second-order valence-corrected chi connectivity index (χ2v) is 7.91. The maximum absolute atomic E-state index is 12.9. The second kappa shape index (κ2) is 8.60. The minimum Gasteiger partial charge on any atom is -0.371 e. The molecule has 1 N–H and O–H groups in total. The Balaban J connectivity index is 1.58. The Hall–Kier alpha value is -2.29. The Morgan fingerprint density at radius 1 is 1.04 bits per heavy atom. The summed E-state index contributed by atoms with van der Waals surface area (Å²) in [6, 6.07) is 15.3. The van der Waals surface area contributed by atoms with Crippen LogP contribution >= 0.6 is 0 Å². The number of carbonyl (C=O) groups is 1. The molecular weight excluding hydrogens is 332 g/mol. The quantitative estimate of drug-likeness (QED) is 0.801. The van der Waals surface area contributed by atoms with E-state index in [1.165, 1.54) is 27.9 Å². The van der Waals surface area contributed by atoms with Crippen molar-refractivity contribution in [3.63, 3.8) is 0 Å². The number of hydrogen-bond acceptors (Lipinski definition) is 2. The van der Waals surface area contributed by atoms with Crippen molar-refractivity contribution < 1.29 is 4.79 Å². The fraction of sp³-hybridized carbons (Fsp3) is 0.458. The van der Waals surface area contributed by atoms with Gasteiger partial charge in [0.1, 0.15) is 0 Å². The molecule has 2 aromatic carbocycles. The molecule has 1 fully saturated rings. The Bertz CT molecular complexity index is 773. The Kier molecular flexibility index (Phi) is 6.20. The molecule has 3 nitrogen and oxygen atoms in total. The summed E-state index contributed by atoms with van der Waals surface area (Å²) in [5.41, 5.74) is 6.34. The fourth-order valence-corrected chi connectivity index (χ4v) is 3.85. The van der Waals surface area contributed by atoms with E-state index >= 15 is 0 Å². The first kappa shape index (κ1) is 19.5. The van der Waals surface area contributed by atoms with Crippen molar-refractivity contribution in [1.82, 2.24) is 5.32 Å². The number of carbonyl (C=O) groups excluding carboxylic acids is 1. The third-order valence-corrected chi connectivity index (χ3v) is 5.92. The third-order valence-electron chi connectivity index (χ3n) is 5.92. The molecule has 0 aromatic heterocycles. The van der Waals surface area contributed by atoms with Gasteiger partial charge >= 0.3 is 0 Å². The lowest BCUT2D eigenvalue weighted by Crippen LogP contribution is -2.41. The number of piperidine rings is 1. The van der Waals surface area contributed by atoms with E-state index in [2.05, 4.69) is 80.4 Å². The van der Waals surface area contributed by atoms with Gasteiger partial charge in [0.25, 0.3) is 0 Å². The van der Waals surface area contributed by atoms with Gasteiger partial charge in [0.2, 0.25) is 5.91 Å². The predicted molar refractivity (Wildman–Crippen MR) is 113 cm³/mol. The zero-order chi connectivity index (χ0) is 19.4. The molecule has 0 radical (unpaired) electrons. The Labute approximate surface area is 163 Å². The van der Waals surface area contributed by atoms with Crippen molar-refractivity contribution in [2.45, 2.75) is 53.0 Å². The van der Waals surface area contributed by atoms with Crippen molar-refractivity contribution in [2.75, 3.05) is 18.0 Å². The molecule has 3 rings (SSSR count). The number of nitrogens with zero attached hydrogens (tertiary/aromatic N) is 1. The van der Waals surface area contributed by atoms with Crippen LogP contribution in [0.25, 0.3) is 0 Å². The number of nitrogens with one attached hydrogen (secondary N) is 1. The molecule has 3 heteroatoms. The number of rotatable bonds is 5. The molecule has 1 aliphatic heterocycles. The zero-order valence-electron chi connectivity index (χ0n) is 17.1. The molecule has 144 valence electrons. The number of hydrogen-bond donors (Lipinski definition) is 1. The van der Waals surface area contributed by atoms with Gasteiger partial charge in [-0.05, 0) is 68.9 Å². The average Bonchev–Trinajstić information content (AvgIpc) is 2.69. The summed E-state index contributed by atoms with van der Waals surface area (Å²) in [4.78, 5) is 15.2. The van der Waals surface area contributed by atoms with Crippen LogP contribution in [0.2, 0.25) is 0 Å². The van der Waals surface area contributed by atoms with Crippen LogP contribution in [-0.4, -0.2) is 19.0 Å². The first-order chi connectivity index (χ1) is 13.0. The highest BCUT2D eigenvalue weighted by atomic mass is 16.1. The number of aryl methyl sites for hydroxylation is 3. The van der Waals surface area contributed by atoms with E-state index < -0.39 is 0 Å². The van der Waals surface area contributed by atoms with E-state index in [-0.39, 0.29) is 17.9 Å². The molecule has 1 aliphatic rings. The normalized spacial score (nSPS) is 16.2. The highest BCUT2D eigenvalue weighted by Gasteiger charge is 2.26. The zero-order valence-corrected chi connectivity index (χ0v) is 17.1. The maximum atomic E-state index is 12.9. The van der Waals surface area contributed by atoms with E-state index in [0.29, 0.717) is 0 Å². The van der Waals surface area contributed by atoms with Crippen LogP contribution in [-0.2, 0) is 4.79 Å². The van der Waals surface area contributed by atoms with Gasteiger partial charge in [-0.15, -0.1) is 0 Å². The highest BCUT2D eigenvalue weighted by molar-refractivity contribution is 5.79. The SMILES string of the molecule is CCC(NC(=O)C1CCN(c2ccc(C)cc2)CC1)c1ccc(C)c(C)c1. The van der Waals surface area contributed by atoms with Gasteiger partial charge in [0.15, 0.2) is 0 Å². The monoisotopic (exact) mass is 364 g/mol. The van der Waals surface area contributed by atoms with Crippen LogP contribution < -0.4 is 10.2 Å². The van der Waals surface area contributed by atoms with E-state index in [1.54, 1.807) is 0 Å². The van der Waals surface area contributed by atoms with Crippen LogP contribution in [0, 0.1) is 26.7 Å². The van der Waals surface area contributed by atoms with Gasteiger partial charge in [-0.3, -0.25) is 4.79 Å². The molecule has 1 amide bonds. The van der Waals surface area contributed by atoms with Crippen LogP contribution in [0.4, 0.5) is 5.69 Å². The van der Waals surface area contributed by atoms with Gasteiger partial charge < -0.3 is 10.2 Å². The molecule has 1 saturated heterocycles. The first-order valence-electron chi connectivity index (χ1n) is 10.2. The Morgan fingerprint density at radius 2 is 1.70 bits per heavy atom. The van der Waals surface area contributed by atoms with Crippen molar-refractivity contribution >= 4 is 11.6 Å². The van der Waals surface area contributed by atoms with Gasteiger partial charge in [-0.1, -0.05) is 42.8 Å². The minimum atomic E-state index is 0.104. The summed E-state index contributed by atoms with van der Waals surface area (Å²) in [5.74, 6) is 0.330. The summed E-state index contributed by atoms with van der Waals surface area (Å²) in [5, 5.41) is 3.30. The molecule has 0 spiro atoms. The fourth-order valence-electron chi connectivity index (χ4n) is 3.85. The first-order valence-corrected chi connectivity index (χ1v) is 10.2. The largest absolute Gasteiger partial charge is 0.371 e. The molecule has 0 bridgehead atoms. The van der Waals surface area contributed by atoms with E-state index in [0.717, 1.165) is 32.4 Å². The lowest BCUT2D eigenvalue weighted by atomic mass is 9.93. The summed E-state index contributed by atoms with van der Waals surface area (Å²) in [7, 11) is 0. The van der Waals surface area contributed by atoms with Gasteiger partial charge in [0, 0.05) is 24.7 Å². The second-order valence-electron chi connectivity index (χ2n) is 7.91. The highest BCUT2D eigenvalue weighted by Crippen LogP contribution is 2.26. The van der Waals surface area contributed by atoms with Crippen molar-refractivity contribution in [3.8, 4) is 0 Å². The van der Waals surface area contributed by atoms with Crippen LogP contribution in [0.1, 0.15) is 54.5 Å². The third kappa shape index (κ3) is 4.71. The lowest BCUT2D eigenvalue weighted by molar-refractivity contribution is -0.126. The molecule has 1 unspecified atom stereocenters. The summed E-state index contributed by atoms with van der Waals surface area (Å²) in [6.07, 6.45) is 2.75. The molecule has 1 heterocycles. The Morgan fingerprint density at radius 3 is 2.30 bits per heavy atom. The van der Waals surface area contributed by atoms with Crippen LogP contribution in [0.15, 0.2) is 42.5 Å². The smallest absolute Gasteiger partial charge is 0.223 e. The molecular formula is C24H32N2O. The van der Waals surface area contributed by atoms with Gasteiger partial charge in [-0.2, -0.15) is 0 Å². The van der Waals surface area contributed by atoms with Gasteiger partial charge in [0.05, 0.1) is 6.04 Å².